The predicted octanol–water partition coefficient (Wildman–Crippen LogP) is 2.22. The lowest BCUT2D eigenvalue weighted by Gasteiger charge is -2.12. The number of hydrogen-bond acceptors (Lipinski definition) is 4. The van der Waals surface area contributed by atoms with Crippen LogP contribution in [-0.4, -0.2) is 26.5 Å². The number of benzene rings is 1. The van der Waals surface area contributed by atoms with E-state index >= 15 is 0 Å². The molecule has 0 aliphatic carbocycles. The van der Waals surface area contributed by atoms with Crippen molar-refractivity contribution in [2.24, 2.45) is 0 Å². The summed E-state index contributed by atoms with van der Waals surface area (Å²) in [5, 5.41) is 3.68. The van der Waals surface area contributed by atoms with Crippen LogP contribution in [0, 0.1) is 0 Å². The number of anilines is 1. The van der Waals surface area contributed by atoms with Crippen molar-refractivity contribution in [2.45, 2.75) is 10.8 Å². The van der Waals surface area contributed by atoms with Gasteiger partial charge in [0.1, 0.15) is 5.82 Å². The molecule has 0 radical (unpaired) electrons. The molecule has 1 unspecified atom stereocenters. The van der Waals surface area contributed by atoms with E-state index < -0.39 is 10.0 Å². The normalized spacial score (nSPS) is 17.3. The minimum absolute atomic E-state index is 0.0794. The van der Waals surface area contributed by atoms with Gasteiger partial charge in [-0.05, 0) is 30.3 Å². The van der Waals surface area contributed by atoms with E-state index in [9.17, 15) is 8.42 Å². The molecule has 7 heteroatoms. The molecule has 110 valence electrons. The fraction of sp³-hybridized carbons (Fsp3) is 0.214. The molecule has 0 saturated heterocycles. The van der Waals surface area contributed by atoms with E-state index in [4.69, 9.17) is 11.6 Å². The Balaban J connectivity index is 1.72. The van der Waals surface area contributed by atoms with Gasteiger partial charge in [0, 0.05) is 35.8 Å². The minimum Gasteiger partial charge on any atom is -0.369 e. The summed E-state index contributed by atoms with van der Waals surface area (Å²) >= 11 is 5.77. The summed E-state index contributed by atoms with van der Waals surface area (Å²) in [5.74, 6) is 0.906. The maximum atomic E-state index is 12.2. The number of fused-ring (bicyclic) bond motifs is 1. The van der Waals surface area contributed by atoms with E-state index in [1.807, 2.05) is 12.1 Å². The largest absolute Gasteiger partial charge is 0.369 e. The van der Waals surface area contributed by atoms with E-state index in [1.165, 1.54) is 12.1 Å². The molecule has 0 saturated carbocycles. The highest BCUT2D eigenvalue weighted by atomic mass is 35.5. The zero-order chi connectivity index (χ0) is 14.9. The van der Waals surface area contributed by atoms with Crippen LogP contribution in [0.2, 0.25) is 5.02 Å². The van der Waals surface area contributed by atoms with Crippen molar-refractivity contribution in [3.05, 3.63) is 53.2 Å². The zero-order valence-corrected chi connectivity index (χ0v) is 12.7. The molecule has 2 N–H and O–H groups in total. The van der Waals surface area contributed by atoms with Crippen molar-refractivity contribution in [1.29, 1.82) is 0 Å². The van der Waals surface area contributed by atoms with Crippen LogP contribution in [-0.2, 0) is 10.0 Å². The molecule has 1 atom stereocenters. The molecule has 0 fully saturated rings. The van der Waals surface area contributed by atoms with Gasteiger partial charge >= 0.3 is 0 Å². The van der Waals surface area contributed by atoms with Gasteiger partial charge in [0.15, 0.2) is 0 Å². The molecule has 1 aliphatic heterocycles. The topological polar surface area (TPSA) is 71.1 Å². The Morgan fingerprint density at radius 1 is 1.29 bits per heavy atom. The summed E-state index contributed by atoms with van der Waals surface area (Å²) in [6, 6.07) is 9.93. The van der Waals surface area contributed by atoms with Crippen LogP contribution in [0.25, 0.3) is 0 Å². The molecule has 2 heterocycles. The molecule has 0 amide bonds. The number of pyridine rings is 1. The summed E-state index contributed by atoms with van der Waals surface area (Å²) < 4.78 is 27.1. The van der Waals surface area contributed by atoms with E-state index in [0.717, 1.165) is 11.4 Å². The molecule has 0 bridgehead atoms. The molecule has 1 aliphatic rings. The highest BCUT2D eigenvalue weighted by Crippen LogP contribution is 2.28. The van der Waals surface area contributed by atoms with Crippen molar-refractivity contribution in [1.82, 2.24) is 9.71 Å². The summed E-state index contributed by atoms with van der Waals surface area (Å²) in [6.07, 6.45) is 1.71. The Hall–Kier alpha value is -1.63. The van der Waals surface area contributed by atoms with Crippen LogP contribution in [0.15, 0.2) is 47.5 Å². The van der Waals surface area contributed by atoms with E-state index in [1.54, 1.807) is 18.3 Å². The molecule has 1 aromatic heterocycles. The molecular weight excluding hydrogens is 310 g/mol. The van der Waals surface area contributed by atoms with Gasteiger partial charge in [-0.3, -0.25) is 0 Å². The summed E-state index contributed by atoms with van der Waals surface area (Å²) in [7, 11) is -3.52. The highest BCUT2D eigenvalue weighted by molar-refractivity contribution is 7.89. The lowest BCUT2D eigenvalue weighted by molar-refractivity contribution is 0.575. The molecule has 0 spiro atoms. The lowest BCUT2D eigenvalue weighted by atomic mass is 10.0. The summed E-state index contributed by atoms with van der Waals surface area (Å²) in [6.45, 7) is 1.01. The van der Waals surface area contributed by atoms with Gasteiger partial charge in [0.25, 0.3) is 0 Å². The maximum absolute atomic E-state index is 12.2. The van der Waals surface area contributed by atoms with Crippen LogP contribution in [0.3, 0.4) is 0 Å². The standard InChI is InChI=1S/C14H14ClN3O2S/c15-11-3-5-12(6-4-11)21(19,20)18-9-10-8-17-14-13(10)2-1-7-16-14/h1-7,10,18H,8-9H2,(H,16,17). The lowest BCUT2D eigenvalue weighted by Crippen LogP contribution is -2.29. The first-order valence-electron chi connectivity index (χ1n) is 6.50. The average Bonchev–Trinajstić information content (AvgIpc) is 2.89. The Morgan fingerprint density at radius 2 is 2.05 bits per heavy atom. The van der Waals surface area contributed by atoms with Crippen molar-refractivity contribution in [2.75, 3.05) is 18.4 Å². The molecular formula is C14H14ClN3O2S. The van der Waals surface area contributed by atoms with Gasteiger partial charge in [-0.1, -0.05) is 17.7 Å². The number of rotatable bonds is 4. The van der Waals surface area contributed by atoms with E-state index in [2.05, 4.69) is 15.0 Å². The number of hydrogen-bond donors (Lipinski definition) is 2. The van der Waals surface area contributed by atoms with Crippen molar-refractivity contribution in [3.8, 4) is 0 Å². The Bertz CT molecular complexity index is 747. The first-order chi connectivity index (χ1) is 10.1. The highest BCUT2D eigenvalue weighted by Gasteiger charge is 2.24. The van der Waals surface area contributed by atoms with Gasteiger partial charge in [-0.25, -0.2) is 18.1 Å². The number of sulfonamides is 1. The van der Waals surface area contributed by atoms with Crippen LogP contribution in [0.1, 0.15) is 11.5 Å². The van der Waals surface area contributed by atoms with Crippen LogP contribution >= 0.6 is 11.6 Å². The number of nitrogens with one attached hydrogen (secondary N) is 2. The third-order valence-corrected chi connectivity index (χ3v) is 5.13. The quantitative estimate of drug-likeness (QED) is 0.905. The zero-order valence-electron chi connectivity index (χ0n) is 11.1. The van der Waals surface area contributed by atoms with Gasteiger partial charge < -0.3 is 5.32 Å². The smallest absolute Gasteiger partial charge is 0.240 e. The Labute approximate surface area is 128 Å². The van der Waals surface area contributed by atoms with E-state index in [0.29, 0.717) is 18.1 Å². The van der Waals surface area contributed by atoms with Gasteiger partial charge in [0.2, 0.25) is 10.0 Å². The Morgan fingerprint density at radius 3 is 2.81 bits per heavy atom. The Kier molecular flexibility index (Phi) is 3.84. The molecule has 2 aromatic rings. The SMILES string of the molecule is O=S(=O)(NCC1CNc2ncccc21)c1ccc(Cl)cc1. The molecule has 1 aromatic carbocycles. The maximum Gasteiger partial charge on any atom is 0.240 e. The van der Waals surface area contributed by atoms with Gasteiger partial charge in [-0.15, -0.1) is 0 Å². The van der Waals surface area contributed by atoms with Crippen molar-refractivity contribution >= 4 is 27.4 Å². The average molecular weight is 324 g/mol. The fourth-order valence-corrected chi connectivity index (χ4v) is 3.52. The molecule has 5 nitrogen and oxygen atoms in total. The molecule has 21 heavy (non-hydrogen) atoms. The number of nitrogens with zero attached hydrogens (tertiary/aromatic N) is 1. The van der Waals surface area contributed by atoms with Crippen molar-refractivity contribution < 1.29 is 8.42 Å². The second-order valence-electron chi connectivity index (χ2n) is 4.82. The molecule has 3 rings (SSSR count). The fourth-order valence-electron chi connectivity index (χ4n) is 2.31. The summed E-state index contributed by atoms with van der Waals surface area (Å²) in [4.78, 5) is 4.43. The predicted molar refractivity (Wildman–Crippen MR) is 82.1 cm³/mol. The van der Waals surface area contributed by atoms with Gasteiger partial charge in [-0.2, -0.15) is 0 Å². The van der Waals surface area contributed by atoms with Crippen LogP contribution < -0.4 is 10.0 Å². The first kappa shape index (κ1) is 14.3. The minimum atomic E-state index is -3.52. The van der Waals surface area contributed by atoms with E-state index in [-0.39, 0.29) is 10.8 Å². The summed E-state index contributed by atoms with van der Waals surface area (Å²) in [5.41, 5.74) is 1.04. The van der Waals surface area contributed by atoms with Crippen LogP contribution in [0.5, 0.6) is 0 Å². The second kappa shape index (κ2) is 5.63. The number of halogens is 1. The third kappa shape index (κ3) is 3.02. The van der Waals surface area contributed by atoms with Gasteiger partial charge in [0.05, 0.1) is 4.90 Å². The second-order valence-corrected chi connectivity index (χ2v) is 7.03. The number of aromatic nitrogens is 1. The van der Waals surface area contributed by atoms with Crippen LogP contribution in [0.4, 0.5) is 5.82 Å². The van der Waals surface area contributed by atoms with Crippen molar-refractivity contribution in [3.63, 3.8) is 0 Å². The first-order valence-corrected chi connectivity index (χ1v) is 8.36. The monoisotopic (exact) mass is 323 g/mol. The third-order valence-electron chi connectivity index (χ3n) is 3.44.